The summed E-state index contributed by atoms with van der Waals surface area (Å²) in [5.41, 5.74) is 10.7. The number of hydrogen-bond acceptors (Lipinski definition) is 4. The Kier molecular flexibility index (Phi) is 6.69. The molecule has 3 nitrogen and oxygen atoms in total. The zero-order valence-electron chi connectivity index (χ0n) is 28.0. The van der Waals surface area contributed by atoms with Crippen LogP contribution in [0.4, 0.5) is 0 Å². The Morgan fingerprint density at radius 1 is 0.388 bits per heavy atom. The van der Waals surface area contributed by atoms with E-state index >= 15 is 0 Å². The van der Waals surface area contributed by atoms with Gasteiger partial charge in [0.25, 0.3) is 0 Å². The van der Waals surface area contributed by atoms with E-state index in [4.69, 9.17) is 15.0 Å². The van der Waals surface area contributed by atoms with Gasteiger partial charge in [0.1, 0.15) is 0 Å². The van der Waals surface area contributed by atoms with Crippen molar-refractivity contribution < 1.29 is 0 Å². The predicted octanol–water partition coefficient (Wildman–Crippen LogP) is 12.1. The van der Waals surface area contributed by atoms with Crippen molar-refractivity contribution in [2.24, 2.45) is 0 Å². The Balaban J connectivity index is 1.14. The Labute approximate surface area is 291 Å². The molecule has 0 saturated carbocycles. The maximum atomic E-state index is 4.93. The van der Waals surface area contributed by atoms with E-state index in [0.717, 1.165) is 16.7 Å². The molecule has 0 saturated heterocycles. The van der Waals surface area contributed by atoms with E-state index in [0.29, 0.717) is 17.5 Å². The van der Waals surface area contributed by atoms with Crippen LogP contribution in [-0.2, 0) is 10.8 Å². The van der Waals surface area contributed by atoms with E-state index in [1.165, 1.54) is 53.6 Å². The summed E-state index contributed by atoms with van der Waals surface area (Å²) in [5, 5.41) is 2.71. The van der Waals surface area contributed by atoms with Crippen LogP contribution in [0, 0.1) is 0 Å². The van der Waals surface area contributed by atoms with Crippen molar-refractivity contribution in [1.29, 1.82) is 0 Å². The van der Waals surface area contributed by atoms with Gasteiger partial charge in [0, 0.05) is 36.9 Å². The number of thiophene rings is 1. The minimum absolute atomic E-state index is 0.0442. The van der Waals surface area contributed by atoms with Gasteiger partial charge in [-0.25, -0.2) is 15.0 Å². The molecule has 1 aliphatic carbocycles. The third-order valence-electron chi connectivity index (χ3n) is 10.9. The standard InChI is InChI=1S/C45H35N3S/c1-44(2)37-24-23-32(25-34(37)35-27-40-36(26-38(35)45(44,3)4)33-17-11-12-18-39(33)49-40)28-19-21-31(22-20-28)43-47-41(29-13-7-5-8-14-29)46-42(48-43)30-15-9-6-10-16-30/h5-27H,1-4H3. The molecule has 8 aromatic rings. The van der Waals surface area contributed by atoms with E-state index in [-0.39, 0.29) is 10.8 Å². The van der Waals surface area contributed by atoms with Gasteiger partial charge in [-0.3, -0.25) is 0 Å². The highest BCUT2D eigenvalue weighted by Gasteiger charge is 2.46. The molecule has 236 valence electrons. The van der Waals surface area contributed by atoms with Crippen LogP contribution < -0.4 is 0 Å². The first-order valence-electron chi connectivity index (χ1n) is 16.9. The van der Waals surface area contributed by atoms with Crippen LogP contribution in [0.3, 0.4) is 0 Å². The maximum absolute atomic E-state index is 4.93. The number of nitrogens with zero attached hydrogens (tertiary/aromatic N) is 3. The molecule has 6 aromatic carbocycles. The van der Waals surface area contributed by atoms with Gasteiger partial charge >= 0.3 is 0 Å². The molecule has 1 aliphatic rings. The second-order valence-corrected chi connectivity index (χ2v) is 15.2. The summed E-state index contributed by atoms with van der Waals surface area (Å²) in [7, 11) is 0. The topological polar surface area (TPSA) is 38.7 Å². The molecular weight excluding hydrogens is 615 g/mol. The summed E-state index contributed by atoms with van der Waals surface area (Å²) >= 11 is 1.89. The first-order valence-corrected chi connectivity index (χ1v) is 17.7. The molecule has 0 atom stereocenters. The zero-order chi connectivity index (χ0) is 33.3. The van der Waals surface area contributed by atoms with Gasteiger partial charge in [-0.15, -0.1) is 11.3 Å². The Morgan fingerprint density at radius 2 is 0.878 bits per heavy atom. The minimum atomic E-state index is -0.0528. The molecule has 2 heterocycles. The molecule has 0 N–H and O–H groups in total. The number of aromatic nitrogens is 3. The van der Waals surface area contributed by atoms with Crippen molar-refractivity contribution in [2.45, 2.75) is 38.5 Å². The zero-order valence-corrected chi connectivity index (χ0v) is 28.8. The van der Waals surface area contributed by atoms with E-state index in [1.807, 2.05) is 72.0 Å². The Hall–Kier alpha value is -5.45. The highest BCUT2D eigenvalue weighted by molar-refractivity contribution is 7.25. The first kappa shape index (κ1) is 29.7. The van der Waals surface area contributed by atoms with E-state index in [2.05, 4.69) is 107 Å². The molecule has 2 aromatic heterocycles. The summed E-state index contributed by atoms with van der Waals surface area (Å²) in [6, 6.07) is 49.7. The highest BCUT2D eigenvalue weighted by Crippen LogP contribution is 2.56. The predicted molar refractivity (Wildman–Crippen MR) is 206 cm³/mol. The number of hydrogen-bond donors (Lipinski definition) is 0. The summed E-state index contributed by atoms with van der Waals surface area (Å²) in [5.74, 6) is 2.00. The lowest BCUT2D eigenvalue weighted by molar-refractivity contribution is 0.299. The maximum Gasteiger partial charge on any atom is 0.164 e. The van der Waals surface area contributed by atoms with Crippen LogP contribution in [0.2, 0.25) is 0 Å². The smallest absolute Gasteiger partial charge is 0.164 e. The molecule has 0 amide bonds. The van der Waals surface area contributed by atoms with Gasteiger partial charge in [0.2, 0.25) is 0 Å². The molecule has 0 fully saturated rings. The average molecular weight is 650 g/mol. The third-order valence-corrected chi connectivity index (χ3v) is 12.0. The van der Waals surface area contributed by atoms with Crippen molar-refractivity contribution in [1.82, 2.24) is 15.0 Å². The van der Waals surface area contributed by atoms with E-state index in [9.17, 15) is 0 Å². The first-order chi connectivity index (χ1) is 23.8. The quantitative estimate of drug-likeness (QED) is 0.190. The summed E-state index contributed by atoms with van der Waals surface area (Å²) in [6.07, 6.45) is 0. The van der Waals surface area contributed by atoms with Crippen LogP contribution >= 0.6 is 11.3 Å². The number of rotatable bonds is 4. The van der Waals surface area contributed by atoms with Crippen molar-refractivity contribution in [3.8, 4) is 56.4 Å². The van der Waals surface area contributed by atoms with Crippen molar-refractivity contribution in [2.75, 3.05) is 0 Å². The highest BCUT2D eigenvalue weighted by atomic mass is 32.1. The lowest BCUT2D eigenvalue weighted by Crippen LogP contribution is -2.43. The fourth-order valence-corrected chi connectivity index (χ4v) is 8.55. The second kappa shape index (κ2) is 11.0. The normalized spacial score (nSPS) is 14.4. The van der Waals surface area contributed by atoms with Gasteiger partial charge in [-0.05, 0) is 68.5 Å². The molecule has 0 bridgehead atoms. The van der Waals surface area contributed by atoms with Gasteiger partial charge in [-0.1, -0.05) is 143 Å². The molecule has 0 aliphatic heterocycles. The molecule has 4 heteroatoms. The molecule has 9 rings (SSSR count). The largest absolute Gasteiger partial charge is 0.208 e. The van der Waals surface area contributed by atoms with Crippen LogP contribution in [0.5, 0.6) is 0 Å². The molecular formula is C45H35N3S. The van der Waals surface area contributed by atoms with Crippen molar-refractivity contribution in [3.05, 3.63) is 151 Å². The number of benzene rings is 6. The van der Waals surface area contributed by atoms with Crippen LogP contribution in [-0.4, -0.2) is 15.0 Å². The minimum Gasteiger partial charge on any atom is -0.208 e. The average Bonchev–Trinajstić information content (AvgIpc) is 3.52. The van der Waals surface area contributed by atoms with Gasteiger partial charge < -0.3 is 0 Å². The van der Waals surface area contributed by atoms with Gasteiger partial charge in [0.05, 0.1) is 0 Å². The fraction of sp³-hybridized carbons (Fsp3) is 0.133. The SMILES string of the molecule is CC1(C)c2ccc(-c3ccc(-c4nc(-c5ccccc5)nc(-c5ccccc5)n4)cc3)cc2-c2cc3sc4ccccc4c3cc2C1(C)C. The van der Waals surface area contributed by atoms with Gasteiger partial charge in [0.15, 0.2) is 17.5 Å². The van der Waals surface area contributed by atoms with Crippen LogP contribution in [0.25, 0.3) is 76.6 Å². The Morgan fingerprint density at radius 3 is 1.51 bits per heavy atom. The monoisotopic (exact) mass is 649 g/mol. The molecule has 49 heavy (non-hydrogen) atoms. The number of fused-ring (bicyclic) bond motifs is 6. The summed E-state index contributed by atoms with van der Waals surface area (Å²) in [4.78, 5) is 14.7. The summed E-state index contributed by atoms with van der Waals surface area (Å²) in [6.45, 7) is 9.63. The summed E-state index contributed by atoms with van der Waals surface area (Å²) < 4.78 is 2.69. The van der Waals surface area contributed by atoms with E-state index < -0.39 is 0 Å². The fourth-order valence-electron chi connectivity index (χ4n) is 7.43. The lowest BCUT2D eigenvalue weighted by Gasteiger charge is -2.48. The van der Waals surface area contributed by atoms with Crippen molar-refractivity contribution in [3.63, 3.8) is 0 Å². The second-order valence-electron chi connectivity index (χ2n) is 14.1. The molecule has 0 radical (unpaired) electrons. The van der Waals surface area contributed by atoms with Crippen LogP contribution in [0.15, 0.2) is 140 Å². The van der Waals surface area contributed by atoms with Gasteiger partial charge in [-0.2, -0.15) is 0 Å². The van der Waals surface area contributed by atoms with Crippen molar-refractivity contribution >= 4 is 31.5 Å². The third kappa shape index (κ3) is 4.74. The Bertz CT molecular complexity index is 2470. The van der Waals surface area contributed by atoms with E-state index in [1.54, 1.807) is 0 Å². The van der Waals surface area contributed by atoms with Crippen LogP contribution in [0.1, 0.15) is 38.8 Å². The molecule has 0 unspecified atom stereocenters. The lowest BCUT2D eigenvalue weighted by atomic mass is 9.55. The molecule has 0 spiro atoms.